The quantitative estimate of drug-likeness (QED) is 0.146. The molecule has 0 aliphatic heterocycles. The van der Waals surface area contributed by atoms with Crippen LogP contribution in [-0.4, -0.2) is 0 Å². The van der Waals surface area contributed by atoms with Crippen LogP contribution in [0, 0.1) is 0 Å². The molecule has 10 aromatic carbocycles. The van der Waals surface area contributed by atoms with Crippen LogP contribution in [-0.2, 0) is 0 Å². The van der Waals surface area contributed by atoms with Crippen LogP contribution in [0.1, 0.15) is 0 Å². The van der Waals surface area contributed by atoms with Crippen molar-refractivity contribution in [1.29, 1.82) is 0 Å². The van der Waals surface area contributed by atoms with Crippen molar-refractivity contribution in [3.05, 3.63) is 224 Å². The molecule has 0 spiro atoms. The maximum absolute atomic E-state index is 2.46. The van der Waals surface area contributed by atoms with Gasteiger partial charge < -0.3 is 4.90 Å². The van der Waals surface area contributed by atoms with Crippen LogP contribution in [0.2, 0.25) is 0 Å². The molecule has 2 heteroatoms. The van der Waals surface area contributed by atoms with E-state index in [-0.39, 0.29) is 0 Å². The zero-order valence-corrected chi connectivity index (χ0v) is 32.5. The number of hydrogen-bond acceptors (Lipinski definition) is 2. The lowest BCUT2D eigenvalue weighted by atomic mass is 9.97. The summed E-state index contributed by atoms with van der Waals surface area (Å²) in [4.78, 5) is 2.46. The number of thiophene rings is 1. The van der Waals surface area contributed by atoms with Crippen molar-refractivity contribution in [2.45, 2.75) is 0 Å². The van der Waals surface area contributed by atoms with Gasteiger partial charge in [0, 0.05) is 26.8 Å². The Morgan fingerprint density at radius 1 is 0.276 bits per heavy atom. The van der Waals surface area contributed by atoms with Crippen molar-refractivity contribution in [1.82, 2.24) is 0 Å². The van der Waals surface area contributed by atoms with Crippen LogP contribution in [0.25, 0.3) is 86.2 Å². The highest BCUT2D eigenvalue weighted by Crippen LogP contribution is 2.49. The zero-order chi connectivity index (χ0) is 38.4. The number of benzene rings is 10. The molecule has 1 nitrogen and oxygen atoms in total. The van der Waals surface area contributed by atoms with E-state index < -0.39 is 0 Å². The molecule has 0 atom stereocenters. The molecule has 0 unspecified atom stereocenters. The molecular weight excluding hydrogens is 719 g/mol. The second-order valence-corrected chi connectivity index (χ2v) is 15.9. The van der Waals surface area contributed by atoms with Crippen LogP contribution >= 0.6 is 11.3 Å². The van der Waals surface area contributed by atoms with E-state index in [1.54, 1.807) is 0 Å². The Morgan fingerprint density at radius 2 is 0.759 bits per heavy atom. The molecule has 0 bridgehead atoms. The Labute approximate surface area is 342 Å². The number of rotatable bonds is 7. The Morgan fingerprint density at radius 3 is 1.43 bits per heavy atom. The lowest BCUT2D eigenvalue weighted by molar-refractivity contribution is 1.30. The topological polar surface area (TPSA) is 3.24 Å². The van der Waals surface area contributed by atoms with Crippen LogP contribution in [0.5, 0.6) is 0 Å². The molecule has 0 fully saturated rings. The fourth-order valence-corrected chi connectivity index (χ4v) is 9.86. The lowest BCUT2D eigenvalue weighted by Gasteiger charge is -2.27. The molecule has 1 heterocycles. The Balaban J connectivity index is 1.12. The molecule has 58 heavy (non-hydrogen) atoms. The first kappa shape index (κ1) is 34.0. The third-order valence-electron chi connectivity index (χ3n) is 11.4. The average molecular weight is 756 g/mol. The van der Waals surface area contributed by atoms with Gasteiger partial charge in [-0.05, 0) is 109 Å². The predicted octanol–water partition coefficient (Wildman–Crippen LogP) is 16.5. The standard InChI is InChI=1S/C56H37NS/c1-4-13-38(14-5-1)40-27-31-47(32-28-40)57(48-33-29-41(30-34-48)45-26-25-44-24-23-43-19-10-11-20-49(43)52(44)35-45)54-37-46(39-15-6-2-7-16-39)36-53-51-22-12-21-50(55(51)58-56(53)54)42-17-8-3-9-18-42/h1-37H. The van der Waals surface area contributed by atoms with Gasteiger partial charge in [-0.3, -0.25) is 0 Å². The summed E-state index contributed by atoms with van der Waals surface area (Å²) >= 11 is 1.89. The maximum atomic E-state index is 2.46. The molecule has 0 amide bonds. The number of anilines is 3. The molecular formula is C56H37NS. The first-order chi connectivity index (χ1) is 28.7. The highest BCUT2D eigenvalue weighted by molar-refractivity contribution is 7.27. The van der Waals surface area contributed by atoms with Crippen molar-refractivity contribution in [2.75, 3.05) is 4.90 Å². The Kier molecular flexibility index (Phi) is 8.42. The molecule has 0 N–H and O–H groups in total. The lowest BCUT2D eigenvalue weighted by Crippen LogP contribution is -2.10. The van der Waals surface area contributed by atoms with Gasteiger partial charge in [-0.25, -0.2) is 0 Å². The Hall–Kier alpha value is -7.26. The summed E-state index contributed by atoms with van der Waals surface area (Å²) in [6.45, 7) is 0. The minimum absolute atomic E-state index is 1.11. The maximum Gasteiger partial charge on any atom is 0.0646 e. The highest BCUT2D eigenvalue weighted by atomic mass is 32.1. The van der Waals surface area contributed by atoms with Crippen LogP contribution in [0.3, 0.4) is 0 Å². The second-order valence-electron chi connectivity index (χ2n) is 14.9. The van der Waals surface area contributed by atoms with E-state index in [4.69, 9.17) is 0 Å². The van der Waals surface area contributed by atoms with E-state index in [1.807, 2.05) is 11.3 Å². The summed E-state index contributed by atoms with van der Waals surface area (Å²) < 4.78 is 2.56. The van der Waals surface area contributed by atoms with E-state index >= 15 is 0 Å². The summed E-state index contributed by atoms with van der Waals surface area (Å²) in [5, 5.41) is 7.62. The van der Waals surface area contributed by atoms with Crippen LogP contribution < -0.4 is 4.90 Å². The fraction of sp³-hybridized carbons (Fsp3) is 0. The van der Waals surface area contributed by atoms with Crippen molar-refractivity contribution >= 4 is 70.1 Å². The van der Waals surface area contributed by atoms with Crippen LogP contribution in [0.4, 0.5) is 17.1 Å². The van der Waals surface area contributed by atoms with Gasteiger partial charge in [0.25, 0.3) is 0 Å². The van der Waals surface area contributed by atoms with E-state index in [1.165, 1.54) is 86.2 Å². The first-order valence-corrected chi connectivity index (χ1v) is 20.6. The predicted molar refractivity (Wildman–Crippen MR) is 251 cm³/mol. The number of hydrogen-bond donors (Lipinski definition) is 0. The summed E-state index contributed by atoms with van der Waals surface area (Å²) in [6.07, 6.45) is 0. The van der Waals surface area contributed by atoms with Crippen molar-refractivity contribution < 1.29 is 0 Å². The molecule has 0 radical (unpaired) electrons. The van der Waals surface area contributed by atoms with E-state index in [2.05, 4.69) is 229 Å². The Bertz CT molecular complexity index is 3240. The molecule has 1 aromatic heterocycles. The molecule has 0 saturated carbocycles. The molecule has 0 saturated heterocycles. The zero-order valence-electron chi connectivity index (χ0n) is 31.7. The molecule has 0 aliphatic carbocycles. The molecule has 0 aliphatic rings. The summed E-state index contributed by atoms with van der Waals surface area (Å²) in [6, 6.07) is 81.9. The normalized spacial score (nSPS) is 11.4. The van der Waals surface area contributed by atoms with Gasteiger partial charge in [0.05, 0.1) is 10.4 Å². The van der Waals surface area contributed by atoms with Crippen LogP contribution in [0.15, 0.2) is 224 Å². The third kappa shape index (κ3) is 6.03. The monoisotopic (exact) mass is 755 g/mol. The highest BCUT2D eigenvalue weighted by Gasteiger charge is 2.21. The average Bonchev–Trinajstić information content (AvgIpc) is 3.69. The van der Waals surface area contributed by atoms with E-state index in [9.17, 15) is 0 Å². The van der Waals surface area contributed by atoms with Gasteiger partial charge in [-0.15, -0.1) is 11.3 Å². The van der Waals surface area contributed by atoms with Gasteiger partial charge in [0.15, 0.2) is 0 Å². The minimum atomic E-state index is 1.11. The second kappa shape index (κ2) is 14.4. The number of fused-ring (bicyclic) bond motifs is 6. The third-order valence-corrected chi connectivity index (χ3v) is 12.7. The van der Waals surface area contributed by atoms with Gasteiger partial charge in [-0.1, -0.05) is 182 Å². The van der Waals surface area contributed by atoms with Crippen molar-refractivity contribution in [3.8, 4) is 44.5 Å². The summed E-state index contributed by atoms with van der Waals surface area (Å²) in [5.74, 6) is 0. The summed E-state index contributed by atoms with van der Waals surface area (Å²) in [7, 11) is 0. The fourth-order valence-electron chi connectivity index (χ4n) is 8.54. The van der Waals surface area contributed by atoms with Gasteiger partial charge in [-0.2, -0.15) is 0 Å². The SMILES string of the molecule is c1ccc(-c2ccc(N(c3ccc(-c4ccc5ccc6ccccc6c5c4)cc3)c3cc(-c4ccccc4)cc4c3sc3c(-c5ccccc5)cccc34)cc2)cc1. The minimum Gasteiger partial charge on any atom is -0.309 e. The smallest absolute Gasteiger partial charge is 0.0646 e. The van der Waals surface area contributed by atoms with E-state index in [0.29, 0.717) is 0 Å². The van der Waals surface area contributed by atoms with Crippen molar-refractivity contribution in [2.24, 2.45) is 0 Å². The first-order valence-electron chi connectivity index (χ1n) is 19.8. The molecule has 11 rings (SSSR count). The number of nitrogens with zero attached hydrogens (tertiary/aromatic N) is 1. The van der Waals surface area contributed by atoms with Crippen molar-refractivity contribution in [3.63, 3.8) is 0 Å². The van der Waals surface area contributed by atoms with E-state index in [0.717, 1.165) is 17.1 Å². The summed E-state index contributed by atoms with van der Waals surface area (Å²) in [5.41, 5.74) is 13.1. The van der Waals surface area contributed by atoms with Gasteiger partial charge in [0.1, 0.15) is 0 Å². The van der Waals surface area contributed by atoms with Gasteiger partial charge >= 0.3 is 0 Å². The van der Waals surface area contributed by atoms with Gasteiger partial charge in [0.2, 0.25) is 0 Å². The molecule has 11 aromatic rings. The molecule has 272 valence electrons. The largest absolute Gasteiger partial charge is 0.309 e.